The van der Waals surface area contributed by atoms with E-state index < -0.39 is 8.80 Å². The van der Waals surface area contributed by atoms with E-state index in [9.17, 15) is 0 Å². The summed E-state index contributed by atoms with van der Waals surface area (Å²) < 4.78 is 0. The first kappa shape index (κ1) is 13.9. The second-order valence-electron chi connectivity index (χ2n) is 6.33. The van der Waals surface area contributed by atoms with Crippen LogP contribution in [-0.2, 0) is 0 Å². The fourth-order valence-corrected chi connectivity index (χ4v) is 4.31. The molecular formula is C17H28Si. The fourth-order valence-electron chi connectivity index (χ4n) is 3.35. The highest BCUT2D eigenvalue weighted by atomic mass is 28.3. The van der Waals surface area contributed by atoms with Gasteiger partial charge in [-0.05, 0) is 43.1 Å². The van der Waals surface area contributed by atoms with E-state index in [2.05, 4.69) is 44.3 Å². The first-order chi connectivity index (χ1) is 8.70. The van der Waals surface area contributed by atoms with Gasteiger partial charge in [0.2, 0.25) is 0 Å². The van der Waals surface area contributed by atoms with Crippen molar-refractivity contribution < 1.29 is 0 Å². The summed E-state index contributed by atoms with van der Waals surface area (Å²) in [6, 6.07) is 9.61. The molecular weight excluding hydrogens is 232 g/mol. The van der Waals surface area contributed by atoms with Crippen LogP contribution in [0, 0.1) is 5.92 Å². The average Bonchev–Trinajstić information content (AvgIpc) is 2.40. The molecule has 2 rings (SSSR count). The van der Waals surface area contributed by atoms with Crippen molar-refractivity contribution in [1.82, 2.24) is 0 Å². The standard InChI is InChI=1S/C17H28Si/c1-4-5-14-6-8-15(9-7-14)16-10-12-17(13-11-16)18(2)3/h10-15,18H,4-9H2,1-3H3. The lowest BCUT2D eigenvalue weighted by Gasteiger charge is -2.28. The van der Waals surface area contributed by atoms with Crippen molar-refractivity contribution in [3.05, 3.63) is 29.8 Å². The Bertz CT molecular complexity index is 344. The summed E-state index contributed by atoms with van der Waals surface area (Å²) >= 11 is 0. The van der Waals surface area contributed by atoms with Crippen molar-refractivity contribution in [2.75, 3.05) is 0 Å². The lowest BCUT2D eigenvalue weighted by Crippen LogP contribution is -2.22. The molecule has 0 heterocycles. The van der Waals surface area contributed by atoms with E-state index in [1.54, 1.807) is 10.8 Å². The molecule has 0 N–H and O–H groups in total. The minimum absolute atomic E-state index is 0.612. The quantitative estimate of drug-likeness (QED) is 0.701. The Kier molecular flexibility index (Phi) is 5.05. The monoisotopic (exact) mass is 260 g/mol. The Balaban J connectivity index is 1.93. The highest BCUT2D eigenvalue weighted by molar-refractivity contribution is 6.70. The minimum atomic E-state index is -0.612. The number of rotatable bonds is 4. The third kappa shape index (κ3) is 3.47. The van der Waals surface area contributed by atoms with E-state index in [4.69, 9.17) is 0 Å². The van der Waals surface area contributed by atoms with E-state index in [0.29, 0.717) is 0 Å². The first-order valence-electron chi connectivity index (χ1n) is 7.80. The van der Waals surface area contributed by atoms with Gasteiger partial charge in [-0.3, -0.25) is 0 Å². The molecule has 0 amide bonds. The minimum Gasteiger partial charge on any atom is -0.0682 e. The van der Waals surface area contributed by atoms with Crippen molar-refractivity contribution >= 4 is 14.0 Å². The Morgan fingerprint density at radius 3 is 2.11 bits per heavy atom. The molecule has 0 aromatic heterocycles. The third-order valence-corrected chi connectivity index (χ3v) is 6.34. The molecule has 0 spiro atoms. The molecule has 1 saturated carbocycles. The van der Waals surface area contributed by atoms with Crippen LogP contribution in [0.5, 0.6) is 0 Å². The van der Waals surface area contributed by atoms with Crippen LogP contribution in [0.3, 0.4) is 0 Å². The number of hydrogen-bond donors (Lipinski definition) is 0. The van der Waals surface area contributed by atoms with Crippen molar-refractivity contribution in [1.29, 1.82) is 0 Å². The maximum absolute atomic E-state index is 2.41. The molecule has 18 heavy (non-hydrogen) atoms. The molecule has 0 bridgehead atoms. The van der Waals surface area contributed by atoms with E-state index in [1.165, 1.54) is 38.5 Å². The van der Waals surface area contributed by atoms with E-state index in [0.717, 1.165) is 11.8 Å². The molecule has 0 radical (unpaired) electrons. The van der Waals surface area contributed by atoms with E-state index >= 15 is 0 Å². The molecule has 0 aliphatic heterocycles. The lowest BCUT2D eigenvalue weighted by molar-refractivity contribution is 0.308. The van der Waals surface area contributed by atoms with Gasteiger partial charge >= 0.3 is 0 Å². The average molecular weight is 260 g/mol. The summed E-state index contributed by atoms with van der Waals surface area (Å²) in [4.78, 5) is 0. The van der Waals surface area contributed by atoms with Crippen LogP contribution in [0.25, 0.3) is 0 Å². The van der Waals surface area contributed by atoms with Crippen LogP contribution in [-0.4, -0.2) is 8.80 Å². The van der Waals surface area contributed by atoms with Gasteiger partial charge < -0.3 is 0 Å². The van der Waals surface area contributed by atoms with Crippen LogP contribution in [0.2, 0.25) is 13.1 Å². The normalized spacial score (nSPS) is 24.4. The predicted molar refractivity (Wildman–Crippen MR) is 84.6 cm³/mol. The largest absolute Gasteiger partial charge is 0.0682 e. The molecule has 0 saturated heterocycles. The number of hydrogen-bond acceptors (Lipinski definition) is 0. The fraction of sp³-hybridized carbons (Fsp3) is 0.647. The highest BCUT2D eigenvalue weighted by Crippen LogP contribution is 2.37. The van der Waals surface area contributed by atoms with Crippen molar-refractivity contribution in [3.8, 4) is 0 Å². The zero-order chi connectivity index (χ0) is 13.0. The molecule has 1 aromatic rings. The molecule has 0 nitrogen and oxygen atoms in total. The molecule has 1 aliphatic carbocycles. The topological polar surface area (TPSA) is 0 Å². The van der Waals surface area contributed by atoms with Gasteiger partial charge in [0.25, 0.3) is 0 Å². The summed E-state index contributed by atoms with van der Waals surface area (Å²) in [6.45, 7) is 7.14. The van der Waals surface area contributed by atoms with Crippen LogP contribution in [0.1, 0.15) is 56.9 Å². The third-order valence-electron chi connectivity index (χ3n) is 4.62. The van der Waals surface area contributed by atoms with Gasteiger partial charge in [-0.15, -0.1) is 0 Å². The first-order valence-corrected chi connectivity index (χ1v) is 10.7. The van der Waals surface area contributed by atoms with Crippen molar-refractivity contribution in [2.24, 2.45) is 5.92 Å². The van der Waals surface area contributed by atoms with Crippen LogP contribution in [0.4, 0.5) is 0 Å². The zero-order valence-electron chi connectivity index (χ0n) is 12.3. The maximum atomic E-state index is 2.41. The lowest BCUT2D eigenvalue weighted by atomic mass is 9.77. The van der Waals surface area contributed by atoms with Crippen molar-refractivity contribution in [3.63, 3.8) is 0 Å². The van der Waals surface area contributed by atoms with Gasteiger partial charge in [0.15, 0.2) is 0 Å². The second kappa shape index (κ2) is 6.56. The predicted octanol–water partition coefficient (Wildman–Crippen LogP) is 4.45. The van der Waals surface area contributed by atoms with Gasteiger partial charge in [0.1, 0.15) is 0 Å². The summed E-state index contributed by atoms with van der Waals surface area (Å²) in [5, 5.41) is 1.61. The molecule has 1 heteroatoms. The Hall–Kier alpha value is -0.563. The molecule has 1 fully saturated rings. The Labute approximate surface area is 114 Å². The van der Waals surface area contributed by atoms with Crippen molar-refractivity contribution in [2.45, 2.75) is 64.5 Å². The molecule has 0 unspecified atom stereocenters. The van der Waals surface area contributed by atoms with Gasteiger partial charge in [-0.1, -0.05) is 62.3 Å². The Morgan fingerprint density at radius 1 is 1.00 bits per heavy atom. The SMILES string of the molecule is CCCC1CCC(c2ccc([SiH](C)C)cc2)CC1. The van der Waals surface area contributed by atoms with Gasteiger partial charge in [0, 0.05) is 0 Å². The summed E-state index contributed by atoms with van der Waals surface area (Å²) in [7, 11) is -0.612. The smallest absolute Gasteiger partial charge is 0.0647 e. The van der Waals surface area contributed by atoms with Crippen LogP contribution >= 0.6 is 0 Å². The molecule has 1 aliphatic rings. The summed E-state index contributed by atoms with van der Waals surface area (Å²) in [6.07, 6.45) is 8.57. The molecule has 100 valence electrons. The summed E-state index contributed by atoms with van der Waals surface area (Å²) in [5.41, 5.74) is 1.60. The maximum Gasteiger partial charge on any atom is 0.0647 e. The Morgan fingerprint density at radius 2 is 1.61 bits per heavy atom. The highest BCUT2D eigenvalue weighted by Gasteiger charge is 2.21. The molecule has 0 atom stereocenters. The van der Waals surface area contributed by atoms with E-state index in [-0.39, 0.29) is 0 Å². The van der Waals surface area contributed by atoms with Crippen LogP contribution < -0.4 is 5.19 Å². The summed E-state index contributed by atoms with van der Waals surface area (Å²) in [5.74, 6) is 1.87. The van der Waals surface area contributed by atoms with Gasteiger partial charge in [-0.2, -0.15) is 0 Å². The molecule has 1 aromatic carbocycles. The van der Waals surface area contributed by atoms with E-state index in [1.807, 2.05) is 0 Å². The van der Waals surface area contributed by atoms with Gasteiger partial charge in [-0.25, -0.2) is 0 Å². The van der Waals surface area contributed by atoms with Crippen LogP contribution in [0.15, 0.2) is 24.3 Å². The number of benzene rings is 1. The van der Waals surface area contributed by atoms with Gasteiger partial charge in [0.05, 0.1) is 8.80 Å². The second-order valence-corrected chi connectivity index (χ2v) is 9.30. The zero-order valence-corrected chi connectivity index (χ0v) is 13.4.